The molecule has 0 spiro atoms. The van der Waals surface area contributed by atoms with Crippen LogP contribution in [0.4, 0.5) is 0 Å². The van der Waals surface area contributed by atoms with E-state index in [-0.39, 0.29) is 5.92 Å². The van der Waals surface area contributed by atoms with E-state index >= 15 is 0 Å². The zero-order valence-corrected chi connectivity index (χ0v) is 11.3. The fourth-order valence-electron chi connectivity index (χ4n) is 2.52. The Labute approximate surface area is 114 Å². The second kappa shape index (κ2) is 6.57. The second-order valence-corrected chi connectivity index (χ2v) is 4.99. The molecule has 1 N–H and O–H groups in total. The number of ether oxygens (including phenoxy) is 1. The van der Waals surface area contributed by atoms with Crippen molar-refractivity contribution in [1.29, 1.82) is 0 Å². The molecule has 4 nitrogen and oxygen atoms in total. The van der Waals surface area contributed by atoms with Crippen molar-refractivity contribution in [3.63, 3.8) is 0 Å². The van der Waals surface area contributed by atoms with Gasteiger partial charge >= 0.3 is 5.97 Å². The van der Waals surface area contributed by atoms with Gasteiger partial charge in [-0.05, 0) is 44.0 Å². The number of hydrogen-bond donors (Lipinski definition) is 1. The number of piperidine rings is 1. The summed E-state index contributed by atoms with van der Waals surface area (Å²) in [6.07, 6.45) is 1.77. The van der Waals surface area contributed by atoms with E-state index in [1.807, 2.05) is 19.1 Å². The molecule has 1 aliphatic rings. The minimum atomic E-state index is -0.670. The van der Waals surface area contributed by atoms with E-state index in [0.717, 1.165) is 31.7 Å². The molecule has 1 aromatic rings. The third-order valence-electron chi connectivity index (χ3n) is 3.50. The maximum absolute atomic E-state index is 11.0. The number of aliphatic carboxylic acids is 1. The molecule has 19 heavy (non-hydrogen) atoms. The molecule has 4 heteroatoms. The lowest BCUT2D eigenvalue weighted by atomic mass is 9.98. The standard InChI is InChI=1S/C15H21NO3/c1-2-19-14-7-5-12(6-8-14)10-16-9-3-4-13(11-16)15(17)18/h5-8,13H,2-4,9-11H2,1H3,(H,17,18)/t13-/m0/s1. The lowest BCUT2D eigenvalue weighted by Gasteiger charge is -2.30. The molecule has 1 saturated heterocycles. The molecule has 2 rings (SSSR count). The lowest BCUT2D eigenvalue weighted by Crippen LogP contribution is -2.38. The molecule has 0 aromatic heterocycles. The van der Waals surface area contributed by atoms with Crippen LogP contribution in [0.2, 0.25) is 0 Å². The van der Waals surface area contributed by atoms with Crippen LogP contribution in [0.3, 0.4) is 0 Å². The van der Waals surface area contributed by atoms with Gasteiger partial charge in [-0.3, -0.25) is 9.69 Å². The minimum Gasteiger partial charge on any atom is -0.494 e. The van der Waals surface area contributed by atoms with Crippen LogP contribution in [0.1, 0.15) is 25.3 Å². The molecule has 1 aliphatic heterocycles. The molecule has 104 valence electrons. The van der Waals surface area contributed by atoms with E-state index in [1.54, 1.807) is 0 Å². The van der Waals surface area contributed by atoms with Crippen LogP contribution in [0, 0.1) is 5.92 Å². The smallest absolute Gasteiger partial charge is 0.307 e. The van der Waals surface area contributed by atoms with Gasteiger partial charge in [0, 0.05) is 13.1 Å². The Kier molecular flexibility index (Phi) is 4.80. The molecule has 1 atom stereocenters. The van der Waals surface area contributed by atoms with Crippen LogP contribution in [0.15, 0.2) is 24.3 Å². The predicted octanol–water partition coefficient (Wildman–Crippen LogP) is 2.38. The van der Waals surface area contributed by atoms with E-state index in [9.17, 15) is 4.79 Å². The summed E-state index contributed by atoms with van der Waals surface area (Å²) in [5.41, 5.74) is 1.20. The quantitative estimate of drug-likeness (QED) is 0.886. The van der Waals surface area contributed by atoms with E-state index in [2.05, 4.69) is 17.0 Å². The van der Waals surface area contributed by atoms with Crippen LogP contribution < -0.4 is 4.74 Å². The SMILES string of the molecule is CCOc1ccc(CN2CCC[C@H](C(=O)O)C2)cc1. The van der Waals surface area contributed by atoms with E-state index < -0.39 is 5.97 Å². The zero-order chi connectivity index (χ0) is 13.7. The first-order chi connectivity index (χ1) is 9.19. The Hall–Kier alpha value is -1.55. The van der Waals surface area contributed by atoms with Gasteiger partial charge in [0.25, 0.3) is 0 Å². The zero-order valence-electron chi connectivity index (χ0n) is 11.3. The highest BCUT2D eigenvalue weighted by Crippen LogP contribution is 2.20. The maximum Gasteiger partial charge on any atom is 0.307 e. The van der Waals surface area contributed by atoms with Gasteiger partial charge in [-0.25, -0.2) is 0 Å². The maximum atomic E-state index is 11.0. The van der Waals surface area contributed by atoms with Gasteiger partial charge in [0.05, 0.1) is 12.5 Å². The monoisotopic (exact) mass is 263 g/mol. The van der Waals surface area contributed by atoms with Crippen molar-refractivity contribution < 1.29 is 14.6 Å². The average molecular weight is 263 g/mol. The molecule has 0 unspecified atom stereocenters. The summed E-state index contributed by atoms with van der Waals surface area (Å²) in [5, 5.41) is 9.07. The normalized spacial score (nSPS) is 20.2. The number of hydrogen-bond acceptors (Lipinski definition) is 3. The number of carboxylic acid groups (broad SMARTS) is 1. The van der Waals surface area contributed by atoms with E-state index in [1.165, 1.54) is 5.56 Å². The van der Waals surface area contributed by atoms with Gasteiger partial charge < -0.3 is 9.84 Å². The first-order valence-electron chi connectivity index (χ1n) is 6.86. The van der Waals surface area contributed by atoms with Crippen molar-refractivity contribution in [2.45, 2.75) is 26.3 Å². The average Bonchev–Trinajstić information content (AvgIpc) is 2.42. The molecule has 0 bridgehead atoms. The third-order valence-corrected chi connectivity index (χ3v) is 3.50. The molecule has 0 saturated carbocycles. The van der Waals surface area contributed by atoms with E-state index in [4.69, 9.17) is 9.84 Å². The van der Waals surface area contributed by atoms with Crippen LogP contribution in [0.5, 0.6) is 5.75 Å². The Morgan fingerprint density at radius 3 is 2.79 bits per heavy atom. The highest BCUT2D eigenvalue weighted by atomic mass is 16.5. The summed E-state index contributed by atoms with van der Waals surface area (Å²) < 4.78 is 5.41. The molecule has 1 heterocycles. The summed E-state index contributed by atoms with van der Waals surface area (Å²) >= 11 is 0. The number of likely N-dealkylation sites (tertiary alicyclic amines) is 1. The van der Waals surface area contributed by atoms with Gasteiger partial charge in [0.1, 0.15) is 5.75 Å². The number of rotatable bonds is 5. The fraction of sp³-hybridized carbons (Fsp3) is 0.533. The van der Waals surface area contributed by atoms with E-state index in [0.29, 0.717) is 13.2 Å². The summed E-state index contributed by atoms with van der Waals surface area (Å²) in [6.45, 7) is 5.09. The predicted molar refractivity (Wildman–Crippen MR) is 73.2 cm³/mol. The summed E-state index contributed by atoms with van der Waals surface area (Å²) in [6, 6.07) is 8.04. The van der Waals surface area contributed by atoms with Crippen LogP contribution in [0.25, 0.3) is 0 Å². The van der Waals surface area contributed by atoms with Crippen LogP contribution >= 0.6 is 0 Å². The third kappa shape index (κ3) is 3.96. The molecular formula is C15H21NO3. The Morgan fingerprint density at radius 2 is 2.16 bits per heavy atom. The number of nitrogens with zero attached hydrogens (tertiary/aromatic N) is 1. The number of carbonyl (C=O) groups is 1. The second-order valence-electron chi connectivity index (χ2n) is 4.99. The highest BCUT2D eigenvalue weighted by molar-refractivity contribution is 5.70. The fourth-order valence-corrected chi connectivity index (χ4v) is 2.52. The Bertz CT molecular complexity index is 416. The first-order valence-corrected chi connectivity index (χ1v) is 6.86. The van der Waals surface area contributed by atoms with Gasteiger partial charge in [0.15, 0.2) is 0 Å². The van der Waals surface area contributed by atoms with Crippen molar-refractivity contribution in [2.24, 2.45) is 5.92 Å². The van der Waals surface area contributed by atoms with Crippen molar-refractivity contribution in [1.82, 2.24) is 4.90 Å². The van der Waals surface area contributed by atoms with Gasteiger partial charge in [0.2, 0.25) is 0 Å². The van der Waals surface area contributed by atoms with Gasteiger partial charge in [-0.1, -0.05) is 12.1 Å². The molecule has 0 aliphatic carbocycles. The Balaban J connectivity index is 1.91. The van der Waals surface area contributed by atoms with Crippen molar-refractivity contribution in [3.05, 3.63) is 29.8 Å². The lowest BCUT2D eigenvalue weighted by molar-refractivity contribution is -0.143. The van der Waals surface area contributed by atoms with Crippen molar-refractivity contribution >= 4 is 5.97 Å². The first kappa shape index (κ1) is 13.9. The largest absolute Gasteiger partial charge is 0.494 e. The topological polar surface area (TPSA) is 49.8 Å². The molecule has 0 amide bonds. The molecule has 1 aromatic carbocycles. The van der Waals surface area contributed by atoms with Gasteiger partial charge in [-0.2, -0.15) is 0 Å². The molecular weight excluding hydrogens is 242 g/mol. The number of benzene rings is 1. The van der Waals surface area contributed by atoms with Crippen LogP contribution in [-0.4, -0.2) is 35.7 Å². The summed E-state index contributed by atoms with van der Waals surface area (Å²) in [4.78, 5) is 13.2. The summed E-state index contributed by atoms with van der Waals surface area (Å²) in [5.74, 6) is 0.00106. The summed E-state index contributed by atoms with van der Waals surface area (Å²) in [7, 11) is 0. The van der Waals surface area contributed by atoms with Gasteiger partial charge in [-0.15, -0.1) is 0 Å². The highest BCUT2D eigenvalue weighted by Gasteiger charge is 2.25. The number of carboxylic acids is 1. The Morgan fingerprint density at radius 1 is 1.42 bits per heavy atom. The van der Waals surface area contributed by atoms with Crippen LogP contribution in [-0.2, 0) is 11.3 Å². The molecule has 0 radical (unpaired) electrons. The molecule has 1 fully saturated rings. The van der Waals surface area contributed by atoms with Crippen molar-refractivity contribution in [3.8, 4) is 5.75 Å². The minimum absolute atomic E-state index is 0.212. The van der Waals surface area contributed by atoms with Crippen molar-refractivity contribution in [2.75, 3.05) is 19.7 Å².